The molecule has 1 aromatic rings. The van der Waals surface area contributed by atoms with E-state index in [2.05, 4.69) is 4.90 Å². The highest BCUT2D eigenvalue weighted by molar-refractivity contribution is 5.32. The number of nitro groups is 1. The molecule has 18 heavy (non-hydrogen) atoms. The largest absolute Gasteiger partial charge is 0.392 e. The Balaban J connectivity index is 1.84. The van der Waals surface area contributed by atoms with Crippen LogP contribution in [0, 0.1) is 10.1 Å². The number of nitro benzene ring substituents is 1. The van der Waals surface area contributed by atoms with Crippen LogP contribution in [0.4, 0.5) is 5.69 Å². The molecule has 1 atom stereocenters. The molecule has 1 N–H and O–H groups in total. The van der Waals surface area contributed by atoms with Gasteiger partial charge in [0.25, 0.3) is 5.69 Å². The van der Waals surface area contributed by atoms with Crippen molar-refractivity contribution in [3.63, 3.8) is 0 Å². The van der Waals surface area contributed by atoms with Crippen molar-refractivity contribution in [1.82, 2.24) is 4.90 Å². The average Bonchev–Trinajstić information content (AvgIpc) is 2.37. The van der Waals surface area contributed by atoms with Gasteiger partial charge in [-0.1, -0.05) is 12.1 Å². The van der Waals surface area contributed by atoms with Crippen molar-refractivity contribution in [3.8, 4) is 0 Å². The van der Waals surface area contributed by atoms with E-state index >= 15 is 0 Å². The Kier molecular flexibility index (Phi) is 4.28. The molecule has 2 rings (SSSR count). The first kappa shape index (κ1) is 13.0. The summed E-state index contributed by atoms with van der Waals surface area (Å²) in [6.07, 6.45) is 2.61. The van der Waals surface area contributed by atoms with E-state index in [1.807, 2.05) is 0 Å². The van der Waals surface area contributed by atoms with Crippen LogP contribution in [0.2, 0.25) is 0 Å². The lowest BCUT2D eigenvalue weighted by Gasteiger charge is -2.29. The molecule has 1 aliphatic heterocycles. The first-order valence-corrected chi connectivity index (χ1v) is 6.29. The fourth-order valence-electron chi connectivity index (χ4n) is 2.31. The number of aliphatic hydroxyl groups is 1. The van der Waals surface area contributed by atoms with Crippen molar-refractivity contribution < 1.29 is 10.0 Å². The maximum Gasteiger partial charge on any atom is 0.269 e. The number of likely N-dealkylation sites (tertiary alicyclic amines) is 1. The topological polar surface area (TPSA) is 66.6 Å². The van der Waals surface area contributed by atoms with Gasteiger partial charge in [0.1, 0.15) is 0 Å². The molecule has 0 aromatic heterocycles. The van der Waals surface area contributed by atoms with Gasteiger partial charge >= 0.3 is 0 Å². The molecule has 0 saturated carbocycles. The van der Waals surface area contributed by atoms with Gasteiger partial charge in [-0.3, -0.25) is 10.1 Å². The quantitative estimate of drug-likeness (QED) is 0.651. The minimum atomic E-state index is -0.384. The molecule has 0 amide bonds. The fraction of sp³-hybridized carbons (Fsp3) is 0.538. The third kappa shape index (κ3) is 3.51. The first-order chi connectivity index (χ1) is 8.65. The molecule has 1 heterocycles. The Bertz CT molecular complexity index is 405. The molecule has 0 radical (unpaired) electrons. The highest BCUT2D eigenvalue weighted by Crippen LogP contribution is 2.14. The number of aliphatic hydroxyl groups excluding tert-OH is 1. The van der Waals surface area contributed by atoms with E-state index < -0.39 is 0 Å². The zero-order valence-electron chi connectivity index (χ0n) is 10.3. The molecule has 0 spiro atoms. The lowest BCUT2D eigenvalue weighted by Crippen LogP contribution is -2.39. The van der Waals surface area contributed by atoms with Crippen LogP contribution in [-0.4, -0.2) is 40.7 Å². The van der Waals surface area contributed by atoms with E-state index in [4.69, 9.17) is 0 Å². The standard InChI is InChI=1S/C13H18N2O3/c16-13-2-1-8-14(10-13)9-7-11-3-5-12(6-4-11)15(17)18/h3-6,13,16H,1-2,7-10H2/t13-/m1/s1. The molecule has 1 saturated heterocycles. The highest BCUT2D eigenvalue weighted by Gasteiger charge is 2.17. The molecule has 5 nitrogen and oxygen atoms in total. The molecule has 5 heteroatoms. The van der Waals surface area contributed by atoms with Crippen molar-refractivity contribution >= 4 is 5.69 Å². The van der Waals surface area contributed by atoms with E-state index in [-0.39, 0.29) is 16.7 Å². The van der Waals surface area contributed by atoms with Crippen molar-refractivity contribution in [1.29, 1.82) is 0 Å². The predicted octanol–water partition coefficient (Wildman–Crippen LogP) is 1.59. The molecule has 0 aliphatic carbocycles. The van der Waals surface area contributed by atoms with Crippen LogP contribution in [0.15, 0.2) is 24.3 Å². The smallest absolute Gasteiger partial charge is 0.269 e. The second-order valence-electron chi connectivity index (χ2n) is 4.77. The van der Waals surface area contributed by atoms with Crippen LogP contribution in [-0.2, 0) is 6.42 Å². The predicted molar refractivity (Wildman–Crippen MR) is 68.5 cm³/mol. The van der Waals surface area contributed by atoms with Gasteiger partial charge in [0, 0.05) is 25.2 Å². The number of β-amino-alcohol motifs (C(OH)–C–C–N with tert-alkyl or cyclic N) is 1. The summed E-state index contributed by atoms with van der Waals surface area (Å²) in [4.78, 5) is 12.4. The third-order valence-electron chi connectivity index (χ3n) is 3.34. The number of nitrogens with zero attached hydrogens (tertiary/aromatic N) is 2. The minimum Gasteiger partial charge on any atom is -0.392 e. The fourth-order valence-corrected chi connectivity index (χ4v) is 2.31. The highest BCUT2D eigenvalue weighted by atomic mass is 16.6. The maximum absolute atomic E-state index is 10.5. The van der Waals surface area contributed by atoms with Gasteiger partial charge in [0.05, 0.1) is 11.0 Å². The van der Waals surface area contributed by atoms with Gasteiger partial charge in [-0.25, -0.2) is 0 Å². The van der Waals surface area contributed by atoms with Crippen molar-refractivity contribution in [3.05, 3.63) is 39.9 Å². The second kappa shape index (κ2) is 5.93. The van der Waals surface area contributed by atoms with Crippen LogP contribution in [0.25, 0.3) is 0 Å². The van der Waals surface area contributed by atoms with Crippen LogP contribution in [0.5, 0.6) is 0 Å². The van der Waals surface area contributed by atoms with Crippen LogP contribution < -0.4 is 0 Å². The first-order valence-electron chi connectivity index (χ1n) is 6.29. The molecule has 0 unspecified atom stereocenters. The number of hydrogen-bond donors (Lipinski definition) is 1. The van der Waals surface area contributed by atoms with Gasteiger partial charge in [-0.2, -0.15) is 0 Å². The van der Waals surface area contributed by atoms with Crippen molar-refractivity contribution in [2.45, 2.75) is 25.4 Å². The van der Waals surface area contributed by atoms with Gasteiger partial charge in [0.15, 0.2) is 0 Å². The van der Waals surface area contributed by atoms with Crippen molar-refractivity contribution in [2.75, 3.05) is 19.6 Å². The molecule has 1 aliphatic rings. The molecule has 1 aromatic carbocycles. The molecular weight excluding hydrogens is 232 g/mol. The maximum atomic E-state index is 10.5. The SMILES string of the molecule is O=[N+]([O-])c1ccc(CCN2CCC[C@@H](O)C2)cc1. The van der Waals surface area contributed by atoms with Gasteiger partial charge in [-0.05, 0) is 31.4 Å². The zero-order valence-corrected chi connectivity index (χ0v) is 10.3. The summed E-state index contributed by atoms with van der Waals surface area (Å²) in [7, 11) is 0. The summed E-state index contributed by atoms with van der Waals surface area (Å²) in [5, 5.41) is 20.1. The Morgan fingerprint density at radius 2 is 2.11 bits per heavy atom. The Labute approximate surface area is 106 Å². The number of benzene rings is 1. The number of non-ortho nitro benzene ring substituents is 1. The summed E-state index contributed by atoms with van der Waals surface area (Å²) in [6, 6.07) is 6.69. The third-order valence-corrected chi connectivity index (χ3v) is 3.34. The normalized spacial score (nSPS) is 20.8. The molecular formula is C13H18N2O3. The van der Waals surface area contributed by atoms with E-state index in [0.29, 0.717) is 0 Å². The summed E-state index contributed by atoms with van der Waals surface area (Å²) >= 11 is 0. The Hall–Kier alpha value is -1.46. The summed E-state index contributed by atoms with van der Waals surface area (Å²) in [5.41, 5.74) is 1.23. The van der Waals surface area contributed by atoms with Crippen LogP contribution in [0.1, 0.15) is 18.4 Å². The summed E-state index contributed by atoms with van der Waals surface area (Å²) in [6.45, 7) is 2.67. The monoisotopic (exact) mass is 250 g/mol. The summed E-state index contributed by atoms with van der Waals surface area (Å²) in [5.74, 6) is 0. The van der Waals surface area contributed by atoms with E-state index in [1.165, 1.54) is 0 Å². The van der Waals surface area contributed by atoms with Gasteiger partial charge < -0.3 is 10.0 Å². The van der Waals surface area contributed by atoms with Crippen molar-refractivity contribution in [2.24, 2.45) is 0 Å². The molecule has 1 fully saturated rings. The van der Waals surface area contributed by atoms with Gasteiger partial charge in [0.2, 0.25) is 0 Å². The molecule has 98 valence electrons. The van der Waals surface area contributed by atoms with Crippen LogP contribution in [0.3, 0.4) is 0 Å². The average molecular weight is 250 g/mol. The molecule has 0 bridgehead atoms. The lowest BCUT2D eigenvalue weighted by atomic mass is 10.1. The minimum absolute atomic E-state index is 0.132. The number of hydrogen-bond acceptors (Lipinski definition) is 4. The van der Waals surface area contributed by atoms with E-state index in [1.54, 1.807) is 24.3 Å². The van der Waals surface area contributed by atoms with Crippen LogP contribution >= 0.6 is 0 Å². The summed E-state index contributed by atoms with van der Waals surface area (Å²) < 4.78 is 0. The Morgan fingerprint density at radius 3 is 2.72 bits per heavy atom. The lowest BCUT2D eigenvalue weighted by molar-refractivity contribution is -0.384. The van der Waals surface area contributed by atoms with E-state index in [0.717, 1.165) is 44.5 Å². The number of rotatable bonds is 4. The number of piperidine rings is 1. The second-order valence-corrected chi connectivity index (χ2v) is 4.77. The van der Waals surface area contributed by atoms with Gasteiger partial charge in [-0.15, -0.1) is 0 Å². The Morgan fingerprint density at radius 1 is 1.39 bits per heavy atom. The van der Waals surface area contributed by atoms with E-state index in [9.17, 15) is 15.2 Å². The zero-order chi connectivity index (χ0) is 13.0.